The van der Waals surface area contributed by atoms with E-state index < -0.39 is 10.0 Å². The molecule has 0 unspecified atom stereocenters. The van der Waals surface area contributed by atoms with Gasteiger partial charge >= 0.3 is 0 Å². The van der Waals surface area contributed by atoms with E-state index in [2.05, 4.69) is 4.98 Å². The monoisotopic (exact) mass is 396 g/mol. The molecule has 1 aliphatic heterocycles. The van der Waals surface area contributed by atoms with Crippen LogP contribution in [0, 0.1) is 0 Å². The van der Waals surface area contributed by atoms with Crippen molar-refractivity contribution >= 4 is 67.5 Å². The Hall–Kier alpha value is -0.240. The Kier molecular flexibility index (Phi) is 4.79. The standard InChI is InChI=1S/C13H11Cl3N2O2S2/c14-8-5-9-12(16)11(7-17-13(9)10(15)6-8)22(19,20)18-1-3-21-4-2-18/h5-7H,1-4H2. The Balaban J connectivity index is 2.17. The molecule has 22 heavy (non-hydrogen) atoms. The molecule has 1 aromatic heterocycles. The zero-order valence-corrected chi connectivity index (χ0v) is 15.1. The van der Waals surface area contributed by atoms with Crippen LogP contribution in [0.25, 0.3) is 10.9 Å². The summed E-state index contributed by atoms with van der Waals surface area (Å²) in [5.41, 5.74) is 0.434. The molecular weight excluding hydrogens is 387 g/mol. The van der Waals surface area contributed by atoms with Gasteiger partial charge in [-0.3, -0.25) is 4.98 Å². The molecule has 9 heteroatoms. The number of fused-ring (bicyclic) bond motifs is 1. The molecule has 0 radical (unpaired) electrons. The van der Waals surface area contributed by atoms with Crippen molar-refractivity contribution < 1.29 is 8.42 Å². The van der Waals surface area contributed by atoms with Crippen molar-refractivity contribution in [3.05, 3.63) is 33.4 Å². The molecule has 0 amide bonds. The van der Waals surface area contributed by atoms with Crippen LogP contribution in [0.2, 0.25) is 15.1 Å². The van der Waals surface area contributed by atoms with Crippen molar-refractivity contribution in [2.45, 2.75) is 4.90 Å². The first-order valence-electron chi connectivity index (χ1n) is 6.42. The van der Waals surface area contributed by atoms with Crippen molar-refractivity contribution in [2.75, 3.05) is 24.6 Å². The highest BCUT2D eigenvalue weighted by molar-refractivity contribution is 7.99. The van der Waals surface area contributed by atoms with Crippen molar-refractivity contribution in [1.29, 1.82) is 0 Å². The fourth-order valence-electron chi connectivity index (χ4n) is 2.28. The number of benzene rings is 1. The maximum Gasteiger partial charge on any atom is 0.246 e. The zero-order valence-electron chi connectivity index (χ0n) is 11.2. The molecule has 1 saturated heterocycles. The summed E-state index contributed by atoms with van der Waals surface area (Å²) in [7, 11) is -3.67. The highest BCUT2D eigenvalue weighted by atomic mass is 35.5. The van der Waals surface area contributed by atoms with E-state index in [0.29, 0.717) is 34.0 Å². The lowest BCUT2D eigenvalue weighted by Gasteiger charge is -2.26. The summed E-state index contributed by atoms with van der Waals surface area (Å²) >= 11 is 20.1. The Morgan fingerprint density at radius 1 is 1.14 bits per heavy atom. The maximum absolute atomic E-state index is 12.7. The van der Waals surface area contributed by atoms with Gasteiger partial charge in [-0.05, 0) is 12.1 Å². The minimum absolute atomic E-state index is 0.00750. The molecule has 0 spiro atoms. The van der Waals surface area contributed by atoms with Gasteiger partial charge in [0.1, 0.15) is 4.90 Å². The fraction of sp³-hybridized carbons (Fsp3) is 0.308. The Bertz CT molecular complexity index is 837. The van der Waals surface area contributed by atoms with E-state index in [1.54, 1.807) is 23.9 Å². The Morgan fingerprint density at radius 2 is 1.82 bits per heavy atom. The van der Waals surface area contributed by atoms with Gasteiger partial charge in [0.2, 0.25) is 10.0 Å². The number of rotatable bonds is 2. The predicted octanol–water partition coefficient (Wildman–Crippen LogP) is 3.93. The van der Waals surface area contributed by atoms with E-state index in [9.17, 15) is 8.42 Å². The van der Waals surface area contributed by atoms with Crippen LogP contribution in [0.15, 0.2) is 23.2 Å². The number of halogens is 3. The largest absolute Gasteiger partial charge is 0.253 e. The van der Waals surface area contributed by atoms with Gasteiger partial charge in [-0.25, -0.2) is 8.42 Å². The highest BCUT2D eigenvalue weighted by Gasteiger charge is 2.29. The van der Waals surface area contributed by atoms with E-state index in [-0.39, 0.29) is 9.92 Å². The summed E-state index contributed by atoms with van der Waals surface area (Å²) in [6.45, 7) is 0.940. The maximum atomic E-state index is 12.7. The molecule has 3 rings (SSSR count). The second-order valence-corrected chi connectivity index (χ2v) is 9.09. The summed E-state index contributed by atoms with van der Waals surface area (Å²) < 4.78 is 26.9. The molecule has 2 heterocycles. The van der Waals surface area contributed by atoms with E-state index >= 15 is 0 Å². The first-order valence-corrected chi connectivity index (χ1v) is 10.2. The predicted molar refractivity (Wildman–Crippen MR) is 92.9 cm³/mol. The third-order valence-electron chi connectivity index (χ3n) is 3.38. The molecule has 1 fully saturated rings. The number of pyridine rings is 1. The molecular formula is C13H11Cl3N2O2S2. The minimum Gasteiger partial charge on any atom is -0.253 e. The van der Waals surface area contributed by atoms with E-state index in [0.717, 1.165) is 11.5 Å². The average Bonchev–Trinajstić information content (AvgIpc) is 2.49. The molecule has 2 aromatic rings. The first-order chi connectivity index (χ1) is 10.4. The lowest BCUT2D eigenvalue weighted by atomic mass is 10.2. The topological polar surface area (TPSA) is 50.3 Å². The minimum atomic E-state index is -3.67. The van der Waals surface area contributed by atoms with Crippen molar-refractivity contribution in [2.24, 2.45) is 0 Å². The van der Waals surface area contributed by atoms with Crippen LogP contribution >= 0.6 is 46.6 Å². The van der Waals surface area contributed by atoms with Gasteiger partial charge in [-0.15, -0.1) is 0 Å². The van der Waals surface area contributed by atoms with Crippen LogP contribution in [-0.2, 0) is 10.0 Å². The summed E-state index contributed by atoms with van der Waals surface area (Å²) in [5, 5.41) is 1.26. The fourth-order valence-corrected chi connectivity index (χ4v) is 5.91. The van der Waals surface area contributed by atoms with Gasteiger partial charge in [0.15, 0.2) is 0 Å². The Labute approximate surface area is 147 Å². The Morgan fingerprint density at radius 3 is 2.50 bits per heavy atom. The normalized spacial score (nSPS) is 17.0. The van der Waals surface area contributed by atoms with Crippen LogP contribution in [0.3, 0.4) is 0 Å². The molecule has 1 aliphatic rings. The summed E-state index contributed by atoms with van der Waals surface area (Å²) in [6.07, 6.45) is 1.27. The highest BCUT2D eigenvalue weighted by Crippen LogP contribution is 2.35. The molecule has 1 aromatic carbocycles. The first kappa shape index (κ1) is 16.6. The second-order valence-electron chi connectivity index (χ2n) is 4.74. The molecule has 118 valence electrons. The van der Waals surface area contributed by atoms with E-state index in [4.69, 9.17) is 34.8 Å². The van der Waals surface area contributed by atoms with Crippen molar-refractivity contribution in [1.82, 2.24) is 9.29 Å². The third-order valence-corrected chi connectivity index (χ3v) is 7.26. The summed E-state index contributed by atoms with van der Waals surface area (Å²) in [6, 6.07) is 3.12. The number of hydrogen-bond donors (Lipinski definition) is 0. The summed E-state index contributed by atoms with van der Waals surface area (Å²) in [5.74, 6) is 1.55. The van der Waals surface area contributed by atoms with Gasteiger partial charge in [0.05, 0.1) is 15.6 Å². The van der Waals surface area contributed by atoms with Gasteiger partial charge in [-0.2, -0.15) is 16.1 Å². The van der Waals surface area contributed by atoms with Crippen LogP contribution in [0.1, 0.15) is 0 Å². The number of nitrogens with zero attached hydrogens (tertiary/aromatic N) is 2. The quantitative estimate of drug-likeness (QED) is 0.770. The van der Waals surface area contributed by atoms with Crippen LogP contribution in [0.5, 0.6) is 0 Å². The van der Waals surface area contributed by atoms with E-state index in [1.165, 1.54) is 10.5 Å². The van der Waals surface area contributed by atoms with E-state index in [1.807, 2.05) is 0 Å². The van der Waals surface area contributed by atoms with Gasteiger partial charge in [0, 0.05) is 41.2 Å². The second kappa shape index (κ2) is 6.34. The number of sulfonamides is 1. The van der Waals surface area contributed by atoms with Crippen LogP contribution in [-0.4, -0.2) is 42.3 Å². The SMILES string of the molecule is O=S(=O)(c1cnc2c(Cl)cc(Cl)cc2c1Cl)N1CCSCC1. The van der Waals surface area contributed by atoms with Gasteiger partial charge < -0.3 is 0 Å². The number of aromatic nitrogens is 1. The molecule has 0 N–H and O–H groups in total. The lowest BCUT2D eigenvalue weighted by Crippen LogP contribution is -2.38. The zero-order chi connectivity index (χ0) is 15.9. The number of hydrogen-bond acceptors (Lipinski definition) is 4. The molecule has 0 atom stereocenters. The van der Waals surface area contributed by atoms with Crippen molar-refractivity contribution in [3.63, 3.8) is 0 Å². The summed E-state index contributed by atoms with van der Waals surface area (Å²) in [4.78, 5) is 4.15. The lowest BCUT2D eigenvalue weighted by molar-refractivity contribution is 0.443. The van der Waals surface area contributed by atoms with Gasteiger partial charge in [-0.1, -0.05) is 34.8 Å². The van der Waals surface area contributed by atoms with Crippen LogP contribution < -0.4 is 0 Å². The van der Waals surface area contributed by atoms with Crippen LogP contribution in [0.4, 0.5) is 0 Å². The third kappa shape index (κ3) is 2.92. The van der Waals surface area contributed by atoms with Gasteiger partial charge in [0.25, 0.3) is 0 Å². The molecule has 0 saturated carbocycles. The smallest absolute Gasteiger partial charge is 0.246 e. The average molecular weight is 398 g/mol. The molecule has 0 aliphatic carbocycles. The van der Waals surface area contributed by atoms with Crippen molar-refractivity contribution in [3.8, 4) is 0 Å². The molecule has 0 bridgehead atoms. The molecule has 4 nitrogen and oxygen atoms in total. The number of thioether (sulfide) groups is 1.